The molecule has 0 aliphatic heterocycles. The highest BCUT2D eigenvalue weighted by Gasteiger charge is 2.15. The first-order valence-corrected chi connectivity index (χ1v) is 7.22. The zero-order valence-electron chi connectivity index (χ0n) is 12.6. The van der Waals surface area contributed by atoms with Crippen molar-refractivity contribution in [1.29, 1.82) is 0 Å². The molecule has 1 atom stereocenters. The predicted molar refractivity (Wildman–Crippen MR) is 86.6 cm³/mol. The zero-order valence-corrected chi connectivity index (χ0v) is 12.6. The fraction of sp³-hybridized carbons (Fsp3) is 0.167. The molecular weight excluding hydrogens is 274 g/mol. The summed E-state index contributed by atoms with van der Waals surface area (Å²) >= 11 is 0. The number of aryl methyl sites for hydroxylation is 1. The molecule has 3 rings (SSSR count). The van der Waals surface area contributed by atoms with Gasteiger partial charge in [0, 0.05) is 23.5 Å². The second kappa shape index (κ2) is 5.93. The number of nitrogens with one attached hydrogen (secondary N) is 1. The fourth-order valence-corrected chi connectivity index (χ4v) is 2.49. The van der Waals surface area contributed by atoms with E-state index in [4.69, 9.17) is 0 Å². The second-order valence-electron chi connectivity index (χ2n) is 5.31. The van der Waals surface area contributed by atoms with Crippen molar-refractivity contribution < 1.29 is 4.79 Å². The lowest BCUT2D eigenvalue weighted by atomic mass is 10.1. The lowest BCUT2D eigenvalue weighted by Gasteiger charge is -2.15. The number of hydrogen-bond donors (Lipinski definition) is 1. The van der Waals surface area contributed by atoms with Crippen LogP contribution in [0.5, 0.6) is 0 Å². The molecule has 4 heteroatoms. The van der Waals surface area contributed by atoms with Crippen molar-refractivity contribution in [3.63, 3.8) is 0 Å². The molecule has 0 aliphatic rings. The molecule has 2 aromatic heterocycles. The first-order valence-electron chi connectivity index (χ1n) is 7.22. The van der Waals surface area contributed by atoms with Crippen LogP contribution in [0.25, 0.3) is 10.9 Å². The molecule has 1 unspecified atom stereocenters. The first kappa shape index (κ1) is 14.2. The summed E-state index contributed by atoms with van der Waals surface area (Å²) in [5.74, 6) is -0.0990. The first-order chi connectivity index (χ1) is 10.6. The number of carbonyl (C=O) groups excluding carboxylic acids is 1. The van der Waals surface area contributed by atoms with Gasteiger partial charge < -0.3 is 5.32 Å². The van der Waals surface area contributed by atoms with Gasteiger partial charge >= 0.3 is 0 Å². The number of fused-ring (bicyclic) bond motifs is 1. The van der Waals surface area contributed by atoms with Gasteiger partial charge in [0.2, 0.25) is 0 Å². The summed E-state index contributed by atoms with van der Waals surface area (Å²) in [6.45, 7) is 3.85. The van der Waals surface area contributed by atoms with Crippen molar-refractivity contribution in [1.82, 2.24) is 15.3 Å². The third-order valence-corrected chi connectivity index (χ3v) is 3.62. The maximum absolute atomic E-state index is 12.6. The lowest BCUT2D eigenvalue weighted by molar-refractivity contribution is 0.0941. The molecule has 0 spiro atoms. The summed E-state index contributed by atoms with van der Waals surface area (Å²) in [5, 5.41) is 3.89. The van der Waals surface area contributed by atoms with Crippen LogP contribution in [-0.4, -0.2) is 15.9 Å². The normalized spacial score (nSPS) is 12.1. The van der Waals surface area contributed by atoms with E-state index >= 15 is 0 Å². The summed E-state index contributed by atoms with van der Waals surface area (Å²) < 4.78 is 0. The molecule has 110 valence electrons. The van der Waals surface area contributed by atoms with Gasteiger partial charge in [-0.2, -0.15) is 0 Å². The number of hydrogen-bond acceptors (Lipinski definition) is 3. The predicted octanol–water partition coefficient (Wildman–Crippen LogP) is 3.43. The molecule has 0 fully saturated rings. The Balaban J connectivity index is 1.93. The standard InChI is InChI=1S/C18H17N3O/c1-12-10-16(15-7-3-4-8-17(15)20-12)18(22)21-13(2)14-6-5-9-19-11-14/h3-11,13H,1-2H3,(H,21,22). The molecule has 0 saturated heterocycles. The smallest absolute Gasteiger partial charge is 0.252 e. The summed E-state index contributed by atoms with van der Waals surface area (Å²) in [6, 6.07) is 13.2. The van der Waals surface area contributed by atoms with E-state index in [0.29, 0.717) is 5.56 Å². The van der Waals surface area contributed by atoms with Crippen molar-refractivity contribution in [2.45, 2.75) is 19.9 Å². The summed E-state index contributed by atoms with van der Waals surface area (Å²) in [6.07, 6.45) is 3.48. The molecule has 3 aromatic rings. The Morgan fingerprint density at radius 2 is 2.00 bits per heavy atom. The summed E-state index contributed by atoms with van der Waals surface area (Å²) in [5.41, 5.74) is 3.30. The summed E-state index contributed by atoms with van der Waals surface area (Å²) in [7, 11) is 0. The SMILES string of the molecule is Cc1cc(C(=O)NC(C)c2cccnc2)c2ccccc2n1. The number of amides is 1. The van der Waals surface area contributed by atoms with Crippen LogP contribution < -0.4 is 5.32 Å². The average molecular weight is 291 g/mol. The van der Waals surface area contributed by atoms with Crippen LogP contribution in [0.1, 0.15) is 34.6 Å². The molecule has 1 aromatic carbocycles. The third-order valence-electron chi connectivity index (χ3n) is 3.62. The minimum Gasteiger partial charge on any atom is -0.345 e. The number of carbonyl (C=O) groups is 1. The molecule has 4 nitrogen and oxygen atoms in total. The monoisotopic (exact) mass is 291 g/mol. The molecule has 1 N–H and O–H groups in total. The Kier molecular flexibility index (Phi) is 3.83. The summed E-state index contributed by atoms with van der Waals surface area (Å²) in [4.78, 5) is 21.2. The van der Waals surface area contributed by atoms with Crippen LogP contribution >= 0.6 is 0 Å². The Labute approximate surface area is 129 Å². The van der Waals surface area contributed by atoms with Gasteiger partial charge in [-0.15, -0.1) is 0 Å². The molecule has 0 radical (unpaired) electrons. The number of benzene rings is 1. The van der Waals surface area contributed by atoms with Crippen molar-refractivity contribution in [3.8, 4) is 0 Å². The van der Waals surface area contributed by atoms with Crippen LogP contribution in [0, 0.1) is 6.92 Å². The van der Waals surface area contributed by atoms with E-state index in [1.807, 2.05) is 56.3 Å². The maximum Gasteiger partial charge on any atom is 0.252 e. The van der Waals surface area contributed by atoms with E-state index in [2.05, 4.69) is 15.3 Å². The number of rotatable bonds is 3. The van der Waals surface area contributed by atoms with Gasteiger partial charge in [-0.3, -0.25) is 14.8 Å². The number of pyridine rings is 2. The van der Waals surface area contributed by atoms with Gasteiger partial charge in [0.1, 0.15) is 0 Å². The Morgan fingerprint density at radius 3 is 2.77 bits per heavy atom. The van der Waals surface area contributed by atoms with E-state index in [1.54, 1.807) is 12.4 Å². The maximum atomic E-state index is 12.6. The topological polar surface area (TPSA) is 54.9 Å². The quantitative estimate of drug-likeness (QED) is 0.804. The van der Waals surface area contributed by atoms with Crippen LogP contribution in [0.3, 0.4) is 0 Å². The van der Waals surface area contributed by atoms with Crippen LogP contribution in [0.15, 0.2) is 54.9 Å². The molecule has 0 aliphatic carbocycles. The molecule has 1 amide bonds. The third kappa shape index (κ3) is 2.81. The van der Waals surface area contributed by atoms with Crippen LogP contribution in [0.4, 0.5) is 0 Å². The van der Waals surface area contributed by atoms with Crippen molar-refractivity contribution in [2.24, 2.45) is 0 Å². The van der Waals surface area contributed by atoms with Gasteiger partial charge in [-0.05, 0) is 37.6 Å². The van der Waals surface area contributed by atoms with E-state index < -0.39 is 0 Å². The van der Waals surface area contributed by atoms with Crippen molar-refractivity contribution in [3.05, 3.63) is 71.7 Å². The molecule has 0 saturated carbocycles. The lowest BCUT2D eigenvalue weighted by Crippen LogP contribution is -2.27. The molecule has 2 heterocycles. The van der Waals surface area contributed by atoms with Gasteiger partial charge in [0.15, 0.2) is 0 Å². The van der Waals surface area contributed by atoms with E-state index in [-0.39, 0.29) is 11.9 Å². The minimum absolute atomic E-state index is 0.0990. The van der Waals surface area contributed by atoms with E-state index in [9.17, 15) is 4.79 Å². The van der Waals surface area contributed by atoms with Crippen molar-refractivity contribution in [2.75, 3.05) is 0 Å². The minimum atomic E-state index is -0.103. The average Bonchev–Trinajstić information content (AvgIpc) is 2.54. The van der Waals surface area contributed by atoms with Crippen LogP contribution in [0.2, 0.25) is 0 Å². The molecule has 22 heavy (non-hydrogen) atoms. The van der Waals surface area contributed by atoms with Gasteiger partial charge in [0.05, 0.1) is 17.1 Å². The van der Waals surface area contributed by atoms with Gasteiger partial charge in [-0.1, -0.05) is 24.3 Å². The van der Waals surface area contributed by atoms with Crippen molar-refractivity contribution >= 4 is 16.8 Å². The Bertz CT molecular complexity index is 815. The number of nitrogens with zero attached hydrogens (tertiary/aromatic N) is 2. The highest BCUT2D eigenvalue weighted by Crippen LogP contribution is 2.19. The van der Waals surface area contributed by atoms with E-state index in [1.165, 1.54) is 0 Å². The highest BCUT2D eigenvalue weighted by atomic mass is 16.1. The Morgan fingerprint density at radius 1 is 1.18 bits per heavy atom. The van der Waals surface area contributed by atoms with Gasteiger partial charge in [-0.25, -0.2) is 0 Å². The second-order valence-corrected chi connectivity index (χ2v) is 5.31. The van der Waals surface area contributed by atoms with Gasteiger partial charge in [0.25, 0.3) is 5.91 Å². The van der Waals surface area contributed by atoms with E-state index in [0.717, 1.165) is 22.2 Å². The highest BCUT2D eigenvalue weighted by molar-refractivity contribution is 6.06. The largest absolute Gasteiger partial charge is 0.345 e. The van der Waals surface area contributed by atoms with Crippen LogP contribution in [-0.2, 0) is 0 Å². The number of aromatic nitrogens is 2. The molecule has 0 bridgehead atoms. The fourth-order valence-electron chi connectivity index (χ4n) is 2.49. The number of para-hydroxylation sites is 1. The molecular formula is C18H17N3O. The zero-order chi connectivity index (χ0) is 15.5. The Hall–Kier alpha value is -2.75.